The van der Waals surface area contributed by atoms with Crippen LogP contribution in [0.4, 0.5) is 11.9 Å². The molecule has 7 nitrogen and oxygen atoms in total. The summed E-state index contributed by atoms with van der Waals surface area (Å²) in [7, 11) is 0. The first-order valence-corrected chi connectivity index (χ1v) is 7.18. The SMILES string of the molecule is CCNc1nc(NC2CCOCC2)nc(OC(C)C)n1. The fraction of sp³-hybridized carbons (Fsp3) is 0.769. The van der Waals surface area contributed by atoms with Gasteiger partial charge in [0.1, 0.15) is 0 Å². The maximum absolute atomic E-state index is 5.56. The van der Waals surface area contributed by atoms with Gasteiger partial charge in [0, 0.05) is 25.8 Å². The molecule has 1 aliphatic heterocycles. The van der Waals surface area contributed by atoms with Crippen LogP contribution < -0.4 is 15.4 Å². The number of nitrogens with zero attached hydrogens (tertiary/aromatic N) is 3. The number of nitrogens with one attached hydrogen (secondary N) is 2. The lowest BCUT2D eigenvalue weighted by Gasteiger charge is -2.23. The molecule has 0 atom stereocenters. The maximum Gasteiger partial charge on any atom is 0.323 e. The van der Waals surface area contributed by atoms with Crippen LogP contribution in [0.15, 0.2) is 0 Å². The molecule has 1 fully saturated rings. The maximum atomic E-state index is 5.56. The fourth-order valence-corrected chi connectivity index (χ4v) is 1.95. The molecule has 1 aromatic rings. The second-order valence-corrected chi connectivity index (χ2v) is 4.99. The standard InChI is InChI=1S/C13H23N5O2/c1-4-14-11-16-12(15-10-5-7-19-8-6-10)18-13(17-11)20-9(2)3/h9-10H,4-8H2,1-3H3,(H2,14,15,16,17,18). The van der Waals surface area contributed by atoms with Crippen molar-refractivity contribution in [3.8, 4) is 6.01 Å². The molecular formula is C13H23N5O2. The lowest BCUT2D eigenvalue weighted by Crippen LogP contribution is -2.29. The monoisotopic (exact) mass is 281 g/mol. The normalized spacial score (nSPS) is 16.2. The molecule has 2 N–H and O–H groups in total. The third-order valence-corrected chi connectivity index (χ3v) is 2.85. The topological polar surface area (TPSA) is 81.2 Å². The van der Waals surface area contributed by atoms with Gasteiger partial charge in [0.05, 0.1) is 6.10 Å². The van der Waals surface area contributed by atoms with Crippen molar-refractivity contribution in [2.75, 3.05) is 30.4 Å². The molecule has 1 saturated heterocycles. The summed E-state index contributed by atoms with van der Waals surface area (Å²) in [5, 5.41) is 6.42. The molecule has 2 rings (SSSR count). The van der Waals surface area contributed by atoms with E-state index in [1.165, 1.54) is 0 Å². The molecule has 0 amide bonds. The van der Waals surface area contributed by atoms with E-state index in [9.17, 15) is 0 Å². The average molecular weight is 281 g/mol. The molecule has 0 aromatic carbocycles. The Morgan fingerprint density at radius 3 is 2.55 bits per heavy atom. The molecule has 0 saturated carbocycles. The molecule has 1 aromatic heterocycles. The highest BCUT2D eigenvalue weighted by Crippen LogP contribution is 2.16. The molecule has 0 unspecified atom stereocenters. The van der Waals surface area contributed by atoms with E-state index in [0.29, 0.717) is 23.9 Å². The van der Waals surface area contributed by atoms with Gasteiger partial charge in [-0.3, -0.25) is 0 Å². The zero-order chi connectivity index (χ0) is 14.4. The number of hydrogen-bond acceptors (Lipinski definition) is 7. The van der Waals surface area contributed by atoms with E-state index in [1.54, 1.807) is 0 Å². The number of rotatable bonds is 6. The number of hydrogen-bond donors (Lipinski definition) is 2. The minimum atomic E-state index is 0.0304. The molecule has 1 aliphatic rings. The van der Waals surface area contributed by atoms with Gasteiger partial charge in [0.25, 0.3) is 0 Å². The van der Waals surface area contributed by atoms with Crippen molar-refractivity contribution in [1.82, 2.24) is 15.0 Å². The van der Waals surface area contributed by atoms with Crippen LogP contribution in [-0.4, -0.2) is 46.9 Å². The van der Waals surface area contributed by atoms with Crippen molar-refractivity contribution in [3.05, 3.63) is 0 Å². The predicted molar refractivity (Wildman–Crippen MR) is 77.2 cm³/mol. The first-order valence-electron chi connectivity index (χ1n) is 7.18. The Bertz CT molecular complexity index is 421. The summed E-state index contributed by atoms with van der Waals surface area (Å²) in [4.78, 5) is 12.9. The van der Waals surface area contributed by atoms with Crippen molar-refractivity contribution < 1.29 is 9.47 Å². The molecular weight excluding hydrogens is 258 g/mol. The predicted octanol–water partition coefficient (Wildman–Crippen LogP) is 1.68. The molecule has 112 valence electrons. The largest absolute Gasteiger partial charge is 0.461 e. The summed E-state index contributed by atoms with van der Waals surface area (Å²) >= 11 is 0. The first kappa shape index (κ1) is 14.8. The van der Waals surface area contributed by atoms with Gasteiger partial charge in [-0.05, 0) is 33.6 Å². The van der Waals surface area contributed by atoms with E-state index in [0.717, 1.165) is 32.6 Å². The Labute approximate surface area is 119 Å². The lowest BCUT2D eigenvalue weighted by molar-refractivity contribution is 0.0903. The highest BCUT2D eigenvalue weighted by Gasteiger charge is 2.16. The van der Waals surface area contributed by atoms with Gasteiger partial charge in [0.2, 0.25) is 11.9 Å². The van der Waals surface area contributed by atoms with E-state index < -0.39 is 0 Å². The minimum absolute atomic E-state index is 0.0304. The lowest BCUT2D eigenvalue weighted by atomic mass is 10.1. The van der Waals surface area contributed by atoms with E-state index in [4.69, 9.17) is 9.47 Å². The third kappa shape index (κ3) is 4.48. The molecule has 7 heteroatoms. The number of aromatic nitrogens is 3. The molecule has 0 radical (unpaired) electrons. The summed E-state index contributed by atoms with van der Waals surface area (Å²) in [5.41, 5.74) is 0. The van der Waals surface area contributed by atoms with Crippen molar-refractivity contribution in [3.63, 3.8) is 0 Å². The number of ether oxygens (including phenoxy) is 2. The highest BCUT2D eigenvalue weighted by atomic mass is 16.5. The summed E-state index contributed by atoms with van der Waals surface area (Å²) < 4.78 is 10.9. The Morgan fingerprint density at radius 2 is 1.90 bits per heavy atom. The van der Waals surface area contributed by atoms with Gasteiger partial charge in [-0.15, -0.1) is 0 Å². The van der Waals surface area contributed by atoms with Gasteiger partial charge >= 0.3 is 6.01 Å². The van der Waals surface area contributed by atoms with Gasteiger partial charge in [-0.1, -0.05) is 0 Å². The molecule has 2 heterocycles. The third-order valence-electron chi connectivity index (χ3n) is 2.85. The summed E-state index contributed by atoms with van der Waals surface area (Å²) in [6.45, 7) is 8.20. The van der Waals surface area contributed by atoms with Crippen LogP contribution in [0.25, 0.3) is 0 Å². The van der Waals surface area contributed by atoms with Crippen LogP contribution in [-0.2, 0) is 4.74 Å². The highest BCUT2D eigenvalue weighted by molar-refractivity contribution is 5.36. The Hall–Kier alpha value is -1.63. The second-order valence-electron chi connectivity index (χ2n) is 4.99. The van der Waals surface area contributed by atoms with Gasteiger partial charge in [-0.2, -0.15) is 15.0 Å². The Morgan fingerprint density at radius 1 is 1.20 bits per heavy atom. The van der Waals surface area contributed by atoms with Crippen LogP contribution >= 0.6 is 0 Å². The smallest absolute Gasteiger partial charge is 0.323 e. The molecule has 0 aliphatic carbocycles. The van der Waals surface area contributed by atoms with Gasteiger partial charge in [0.15, 0.2) is 0 Å². The summed E-state index contributed by atoms with van der Waals surface area (Å²) in [5.74, 6) is 1.09. The fourth-order valence-electron chi connectivity index (χ4n) is 1.95. The van der Waals surface area contributed by atoms with Crippen LogP contribution in [0.3, 0.4) is 0 Å². The summed E-state index contributed by atoms with van der Waals surface area (Å²) in [6.07, 6.45) is 1.95. The minimum Gasteiger partial charge on any atom is -0.461 e. The Balaban J connectivity index is 2.10. The molecule has 20 heavy (non-hydrogen) atoms. The summed E-state index contributed by atoms with van der Waals surface area (Å²) in [6, 6.07) is 0.688. The van der Waals surface area contributed by atoms with Crippen LogP contribution in [0, 0.1) is 0 Å². The van der Waals surface area contributed by atoms with E-state index in [-0.39, 0.29) is 6.10 Å². The molecule has 0 spiro atoms. The zero-order valence-corrected chi connectivity index (χ0v) is 12.3. The van der Waals surface area contributed by atoms with Crippen molar-refractivity contribution >= 4 is 11.9 Å². The Kier molecular flexibility index (Phi) is 5.34. The van der Waals surface area contributed by atoms with Crippen molar-refractivity contribution in [2.45, 2.75) is 45.8 Å². The van der Waals surface area contributed by atoms with E-state index in [2.05, 4.69) is 25.6 Å². The molecule has 0 bridgehead atoms. The number of anilines is 2. The van der Waals surface area contributed by atoms with Crippen LogP contribution in [0.2, 0.25) is 0 Å². The van der Waals surface area contributed by atoms with Gasteiger partial charge in [-0.25, -0.2) is 0 Å². The average Bonchev–Trinajstić information content (AvgIpc) is 2.39. The van der Waals surface area contributed by atoms with Crippen LogP contribution in [0.1, 0.15) is 33.6 Å². The van der Waals surface area contributed by atoms with Crippen molar-refractivity contribution in [2.24, 2.45) is 0 Å². The second kappa shape index (κ2) is 7.23. The first-order chi connectivity index (χ1) is 9.67. The zero-order valence-electron chi connectivity index (χ0n) is 12.3. The van der Waals surface area contributed by atoms with Gasteiger partial charge < -0.3 is 20.1 Å². The van der Waals surface area contributed by atoms with Crippen LogP contribution in [0.5, 0.6) is 6.01 Å². The quantitative estimate of drug-likeness (QED) is 0.821. The van der Waals surface area contributed by atoms with E-state index >= 15 is 0 Å². The van der Waals surface area contributed by atoms with Crippen molar-refractivity contribution in [1.29, 1.82) is 0 Å². The van der Waals surface area contributed by atoms with E-state index in [1.807, 2.05) is 20.8 Å².